The minimum Gasteiger partial charge on any atom is -0.134 e. The summed E-state index contributed by atoms with van der Waals surface area (Å²) in [6.45, 7) is 0. The largest absolute Gasteiger partial charge is 0.134 e. The molecular weight excluding hydrogens is 545 g/mol. The summed E-state index contributed by atoms with van der Waals surface area (Å²) in [4.78, 5) is 0. The fourth-order valence-corrected chi connectivity index (χ4v) is 9.26. The van der Waals surface area contributed by atoms with Gasteiger partial charge in [0.05, 0.1) is 9.40 Å². The normalized spacial score (nSPS) is 11.8. The molecule has 0 nitrogen and oxygen atoms in total. The lowest BCUT2D eigenvalue weighted by molar-refractivity contribution is 1.61. The van der Waals surface area contributed by atoms with Gasteiger partial charge in [0, 0.05) is 20.2 Å². The summed E-state index contributed by atoms with van der Waals surface area (Å²) in [5.41, 5.74) is 7.61. The van der Waals surface area contributed by atoms with Crippen LogP contribution >= 0.6 is 22.7 Å². The van der Waals surface area contributed by atoms with Crippen molar-refractivity contribution in [1.29, 1.82) is 0 Å². The molecule has 0 amide bonds. The van der Waals surface area contributed by atoms with Crippen molar-refractivity contribution in [1.82, 2.24) is 0 Å². The van der Waals surface area contributed by atoms with Crippen molar-refractivity contribution >= 4 is 73.8 Å². The van der Waals surface area contributed by atoms with Crippen LogP contribution in [0.15, 0.2) is 146 Å². The van der Waals surface area contributed by atoms with E-state index in [0.29, 0.717) is 0 Å². The predicted octanol–water partition coefficient (Wildman–Crippen LogP) is 12.6. The molecule has 0 aliphatic heterocycles. The van der Waals surface area contributed by atoms with E-state index < -0.39 is 0 Å². The van der Waals surface area contributed by atoms with Crippen LogP contribution in [0.4, 0.5) is 0 Å². The van der Waals surface area contributed by atoms with Gasteiger partial charge in [-0.2, -0.15) is 0 Å². The minimum absolute atomic E-state index is 1.24. The van der Waals surface area contributed by atoms with Crippen molar-refractivity contribution in [2.45, 2.75) is 0 Å². The van der Waals surface area contributed by atoms with E-state index in [1.54, 1.807) is 0 Å². The predicted molar refractivity (Wildman–Crippen MR) is 186 cm³/mol. The number of thiophene rings is 2. The maximum absolute atomic E-state index is 2.42. The molecule has 9 aromatic rings. The first-order valence-electron chi connectivity index (χ1n) is 14.3. The molecule has 2 heterocycles. The fourth-order valence-electron chi connectivity index (χ4n) is 6.57. The summed E-state index contributed by atoms with van der Waals surface area (Å²) < 4.78 is 5.54. The first kappa shape index (κ1) is 23.9. The highest BCUT2D eigenvalue weighted by molar-refractivity contribution is 7.36. The smallest absolute Gasteiger partial charge is 0.0542 e. The van der Waals surface area contributed by atoms with Gasteiger partial charge in [-0.1, -0.05) is 133 Å². The summed E-state index contributed by atoms with van der Waals surface area (Å²) in [6.07, 6.45) is 0. The third-order valence-corrected chi connectivity index (χ3v) is 11.0. The van der Waals surface area contributed by atoms with E-state index in [1.165, 1.54) is 84.5 Å². The average molecular weight is 569 g/mol. The Bertz CT molecular complexity index is 2380. The number of fused-ring (bicyclic) bond motifs is 7. The van der Waals surface area contributed by atoms with Crippen LogP contribution in [-0.2, 0) is 0 Å². The second kappa shape index (κ2) is 9.39. The Balaban J connectivity index is 1.28. The van der Waals surface area contributed by atoms with Crippen molar-refractivity contribution in [2.75, 3.05) is 0 Å². The topological polar surface area (TPSA) is 0 Å². The SMILES string of the molecule is c1ccc(-c2ccc(-c3c4ccccc4c(-c4ccc5c(c4)sc4c6ccccc6sc54)c4ccccc34)cc2)cc1. The number of hydrogen-bond donors (Lipinski definition) is 0. The van der Waals surface area contributed by atoms with Crippen LogP contribution in [0, 0.1) is 0 Å². The molecule has 7 aromatic carbocycles. The molecule has 2 aromatic heterocycles. The zero-order valence-corrected chi connectivity index (χ0v) is 24.3. The molecule has 0 bridgehead atoms. The third kappa shape index (κ3) is 3.59. The Kier molecular flexibility index (Phi) is 5.34. The van der Waals surface area contributed by atoms with E-state index in [4.69, 9.17) is 0 Å². The van der Waals surface area contributed by atoms with E-state index in [9.17, 15) is 0 Å². The molecule has 0 spiro atoms. The van der Waals surface area contributed by atoms with Gasteiger partial charge in [-0.3, -0.25) is 0 Å². The Morgan fingerprint density at radius 3 is 1.36 bits per heavy atom. The van der Waals surface area contributed by atoms with Gasteiger partial charge >= 0.3 is 0 Å². The molecule has 0 aliphatic carbocycles. The molecule has 0 atom stereocenters. The average Bonchev–Trinajstić information content (AvgIpc) is 3.60. The zero-order valence-electron chi connectivity index (χ0n) is 22.7. The quantitative estimate of drug-likeness (QED) is 0.186. The van der Waals surface area contributed by atoms with Gasteiger partial charge in [-0.15, -0.1) is 22.7 Å². The van der Waals surface area contributed by atoms with E-state index in [0.717, 1.165) is 0 Å². The lowest BCUT2D eigenvalue weighted by Crippen LogP contribution is -1.90. The highest BCUT2D eigenvalue weighted by atomic mass is 32.1. The van der Waals surface area contributed by atoms with Crippen LogP contribution in [0.1, 0.15) is 0 Å². The highest BCUT2D eigenvalue weighted by Crippen LogP contribution is 2.48. The van der Waals surface area contributed by atoms with Crippen LogP contribution in [0.3, 0.4) is 0 Å². The molecular formula is C40H24S2. The number of rotatable bonds is 3. The monoisotopic (exact) mass is 568 g/mol. The number of hydrogen-bond acceptors (Lipinski definition) is 2. The first-order valence-corrected chi connectivity index (χ1v) is 15.9. The summed E-state index contributed by atoms with van der Waals surface area (Å²) in [6, 6.07) is 53.4. The molecule has 0 aliphatic rings. The zero-order chi connectivity index (χ0) is 27.6. The van der Waals surface area contributed by atoms with Gasteiger partial charge in [0.25, 0.3) is 0 Å². The Hall–Kier alpha value is -4.76. The molecule has 0 radical (unpaired) electrons. The first-order chi connectivity index (χ1) is 20.8. The summed E-state index contributed by atoms with van der Waals surface area (Å²) in [5.74, 6) is 0. The molecule has 196 valence electrons. The van der Waals surface area contributed by atoms with Crippen molar-refractivity contribution in [3.63, 3.8) is 0 Å². The fraction of sp³-hybridized carbons (Fsp3) is 0. The highest BCUT2D eigenvalue weighted by Gasteiger charge is 2.18. The van der Waals surface area contributed by atoms with Gasteiger partial charge in [-0.25, -0.2) is 0 Å². The number of benzene rings is 7. The maximum Gasteiger partial charge on any atom is 0.0542 e. The van der Waals surface area contributed by atoms with Gasteiger partial charge in [-0.05, 0) is 67.1 Å². The van der Waals surface area contributed by atoms with E-state index >= 15 is 0 Å². The van der Waals surface area contributed by atoms with Gasteiger partial charge < -0.3 is 0 Å². The van der Waals surface area contributed by atoms with Crippen molar-refractivity contribution in [2.24, 2.45) is 0 Å². The minimum atomic E-state index is 1.24. The Morgan fingerprint density at radius 2 is 0.714 bits per heavy atom. The molecule has 9 rings (SSSR count). The van der Waals surface area contributed by atoms with Gasteiger partial charge in [0.2, 0.25) is 0 Å². The molecule has 0 saturated heterocycles. The van der Waals surface area contributed by atoms with Crippen LogP contribution < -0.4 is 0 Å². The molecule has 42 heavy (non-hydrogen) atoms. The molecule has 2 heteroatoms. The Labute approximate surface area is 251 Å². The lowest BCUT2D eigenvalue weighted by Gasteiger charge is -2.18. The molecule has 0 unspecified atom stereocenters. The van der Waals surface area contributed by atoms with E-state index in [-0.39, 0.29) is 0 Å². The summed E-state index contributed by atoms with van der Waals surface area (Å²) in [7, 11) is 0. The van der Waals surface area contributed by atoms with Crippen molar-refractivity contribution in [3.05, 3.63) is 146 Å². The second-order valence-electron chi connectivity index (χ2n) is 10.9. The molecule has 0 saturated carbocycles. The van der Waals surface area contributed by atoms with Crippen LogP contribution in [0.25, 0.3) is 84.5 Å². The van der Waals surface area contributed by atoms with E-state index in [2.05, 4.69) is 146 Å². The Morgan fingerprint density at radius 1 is 0.286 bits per heavy atom. The molecule has 0 fully saturated rings. The lowest BCUT2D eigenvalue weighted by atomic mass is 9.85. The van der Waals surface area contributed by atoms with Crippen LogP contribution in [0.5, 0.6) is 0 Å². The van der Waals surface area contributed by atoms with Crippen molar-refractivity contribution < 1.29 is 0 Å². The van der Waals surface area contributed by atoms with Crippen LogP contribution in [-0.4, -0.2) is 0 Å². The maximum atomic E-state index is 2.42. The summed E-state index contributed by atoms with van der Waals surface area (Å²) >= 11 is 3.84. The third-order valence-electron chi connectivity index (χ3n) is 8.49. The standard InChI is InChI=1S/C40H24S2/c1-2-10-25(11-3-1)26-18-20-27(21-19-26)37-29-12-4-6-14-31(29)38(32-15-7-5-13-30(32)37)28-22-23-34-36(24-28)42-39-33-16-8-9-17-35(33)41-40(34)39/h1-24H. The van der Waals surface area contributed by atoms with Gasteiger partial charge in [0.1, 0.15) is 0 Å². The van der Waals surface area contributed by atoms with E-state index in [1.807, 2.05) is 22.7 Å². The molecule has 0 N–H and O–H groups in total. The second-order valence-corrected chi connectivity index (χ2v) is 13.0. The summed E-state index contributed by atoms with van der Waals surface area (Å²) in [5, 5.41) is 7.90. The van der Waals surface area contributed by atoms with Crippen LogP contribution in [0.2, 0.25) is 0 Å². The van der Waals surface area contributed by atoms with Crippen molar-refractivity contribution in [3.8, 4) is 33.4 Å². The van der Waals surface area contributed by atoms with Gasteiger partial charge in [0.15, 0.2) is 0 Å².